The molecule has 0 saturated carbocycles. The Morgan fingerprint density at radius 1 is 0.857 bits per heavy atom. The summed E-state index contributed by atoms with van der Waals surface area (Å²) in [5.41, 5.74) is 3.85. The number of nitro benzene ring substituents is 1. The Bertz CT molecular complexity index is 1720. The molecule has 2 aliphatic heterocycles. The zero-order valence-electron chi connectivity index (χ0n) is 28.5. The van der Waals surface area contributed by atoms with Crippen LogP contribution in [0.15, 0.2) is 107 Å². The average molecular weight is 666 g/mol. The van der Waals surface area contributed by atoms with Gasteiger partial charge < -0.3 is 20.3 Å². The number of nitro groups is 1. The molecule has 11 nitrogen and oxygen atoms in total. The van der Waals surface area contributed by atoms with Gasteiger partial charge in [0.2, 0.25) is 5.91 Å². The van der Waals surface area contributed by atoms with Gasteiger partial charge in [0.05, 0.1) is 29.6 Å². The standard InChI is InChI=1S/C38H43N5O6/c1-24(2)34(37(45)42-21-19-41(20-22-42)35(27-13-8-6-9-14-27)28-15-10-7-11-16-28)40-36(44)31-25(3)39-26(4)32(38(46)49-5)33(31)29-17-12-18-30(23-29)43(47)48/h6-18,23-24,33-35,39H,19-22H2,1-5H3,(H,40,44). The Morgan fingerprint density at radius 2 is 1.43 bits per heavy atom. The van der Waals surface area contributed by atoms with Crippen molar-refractivity contribution in [3.63, 3.8) is 0 Å². The summed E-state index contributed by atoms with van der Waals surface area (Å²) in [5, 5.41) is 17.7. The van der Waals surface area contributed by atoms with E-state index in [1.54, 1.807) is 24.8 Å². The molecule has 0 radical (unpaired) electrons. The first-order chi connectivity index (χ1) is 23.5. The van der Waals surface area contributed by atoms with E-state index in [0.717, 1.165) is 0 Å². The minimum absolute atomic E-state index is 0.0419. The molecule has 2 amide bonds. The summed E-state index contributed by atoms with van der Waals surface area (Å²) in [6.07, 6.45) is 0. The number of nitrogens with one attached hydrogen (secondary N) is 2. The van der Waals surface area contributed by atoms with Gasteiger partial charge in [0, 0.05) is 55.3 Å². The van der Waals surface area contributed by atoms with Gasteiger partial charge in [-0.25, -0.2) is 4.79 Å². The van der Waals surface area contributed by atoms with Crippen LogP contribution >= 0.6 is 0 Å². The number of carbonyl (C=O) groups excluding carboxylic acids is 3. The van der Waals surface area contributed by atoms with E-state index in [2.05, 4.69) is 39.8 Å². The number of dihydropyridines is 1. The van der Waals surface area contributed by atoms with Crippen LogP contribution < -0.4 is 10.6 Å². The lowest BCUT2D eigenvalue weighted by Gasteiger charge is -2.41. The van der Waals surface area contributed by atoms with Crippen molar-refractivity contribution in [1.29, 1.82) is 0 Å². The fourth-order valence-corrected chi connectivity index (χ4v) is 6.84. The van der Waals surface area contributed by atoms with Gasteiger partial charge in [-0.05, 0) is 36.5 Å². The molecule has 0 spiro atoms. The Hall–Kier alpha value is -5.29. The number of ether oxygens (including phenoxy) is 1. The number of allylic oxidation sites excluding steroid dienone is 2. The van der Waals surface area contributed by atoms with Gasteiger partial charge in [-0.15, -0.1) is 0 Å². The lowest BCUT2D eigenvalue weighted by molar-refractivity contribution is -0.384. The molecule has 49 heavy (non-hydrogen) atoms. The van der Waals surface area contributed by atoms with E-state index in [1.165, 1.54) is 36.4 Å². The fraction of sp³-hybridized carbons (Fsp3) is 0.342. The van der Waals surface area contributed by atoms with E-state index < -0.39 is 28.8 Å². The van der Waals surface area contributed by atoms with Crippen LogP contribution in [0.3, 0.4) is 0 Å². The molecule has 0 aliphatic carbocycles. The molecule has 3 aromatic rings. The third-order valence-electron chi connectivity index (χ3n) is 9.27. The van der Waals surface area contributed by atoms with Crippen LogP contribution in [-0.4, -0.2) is 71.8 Å². The topological polar surface area (TPSA) is 134 Å². The maximum atomic E-state index is 14.2. The molecule has 0 bridgehead atoms. The lowest BCUT2D eigenvalue weighted by atomic mass is 9.79. The monoisotopic (exact) mass is 665 g/mol. The molecule has 2 atom stereocenters. The second kappa shape index (κ2) is 15.3. The number of esters is 1. The van der Waals surface area contributed by atoms with Gasteiger partial charge in [-0.1, -0.05) is 86.6 Å². The van der Waals surface area contributed by atoms with Gasteiger partial charge in [0.15, 0.2) is 0 Å². The normalized spacial score (nSPS) is 17.5. The molecule has 1 saturated heterocycles. The van der Waals surface area contributed by atoms with Crippen LogP contribution in [0.25, 0.3) is 0 Å². The molecule has 1 fully saturated rings. The number of hydrogen-bond donors (Lipinski definition) is 2. The van der Waals surface area contributed by atoms with Crippen molar-refractivity contribution in [3.05, 3.63) is 134 Å². The second-order valence-electron chi connectivity index (χ2n) is 12.8. The average Bonchev–Trinajstić information content (AvgIpc) is 3.11. The maximum absolute atomic E-state index is 14.2. The highest BCUT2D eigenvalue weighted by Gasteiger charge is 2.40. The smallest absolute Gasteiger partial charge is 0.336 e. The van der Waals surface area contributed by atoms with Crippen molar-refractivity contribution in [2.45, 2.75) is 45.7 Å². The first-order valence-corrected chi connectivity index (χ1v) is 16.5. The lowest BCUT2D eigenvalue weighted by Crippen LogP contribution is -2.57. The number of rotatable bonds is 10. The van der Waals surface area contributed by atoms with E-state index in [4.69, 9.17) is 4.74 Å². The zero-order valence-corrected chi connectivity index (χ0v) is 28.5. The van der Waals surface area contributed by atoms with Crippen LogP contribution in [0.5, 0.6) is 0 Å². The predicted molar refractivity (Wildman–Crippen MR) is 186 cm³/mol. The van der Waals surface area contributed by atoms with Crippen molar-refractivity contribution in [2.24, 2.45) is 5.92 Å². The number of methoxy groups -OCH3 is 1. The largest absolute Gasteiger partial charge is 0.466 e. The van der Waals surface area contributed by atoms with E-state index >= 15 is 0 Å². The van der Waals surface area contributed by atoms with Crippen molar-refractivity contribution < 1.29 is 24.0 Å². The Morgan fingerprint density at radius 3 is 1.96 bits per heavy atom. The summed E-state index contributed by atoms with van der Waals surface area (Å²) in [5.74, 6) is -2.62. The van der Waals surface area contributed by atoms with Gasteiger partial charge in [-0.3, -0.25) is 24.6 Å². The summed E-state index contributed by atoms with van der Waals surface area (Å²) in [6, 6.07) is 25.7. The first kappa shape index (κ1) is 35.0. The molecular formula is C38H43N5O6. The third-order valence-corrected chi connectivity index (χ3v) is 9.27. The summed E-state index contributed by atoms with van der Waals surface area (Å²) in [4.78, 5) is 56.7. The minimum atomic E-state index is -0.965. The predicted octanol–water partition coefficient (Wildman–Crippen LogP) is 5.08. The molecule has 2 N–H and O–H groups in total. The third kappa shape index (κ3) is 7.57. The van der Waals surface area contributed by atoms with Crippen molar-refractivity contribution in [3.8, 4) is 0 Å². The zero-order chi connectivity index (χ0) is 35.2. The SMILES string of the molecule is COC(=O)C1=C(C)NC(C)=C(C(=O)NC(C(=O)N2CCN(C(c3ccccc3)c3ccccc3)CC2)C(C)C)C1c1cccc([N+](=O)[O-])c1. The van der Waals surface area contributed by atoms with Crippen LogP contribution in [0.2, 0.25) is 0 Å². The van der Waals surface area contributed by atoms with Crippen molar-refractivity contribution >= 4 is 23.5 Å². The van der Waals surface area contributed by atoms with E-state index in [0.29, 0.717) is 43.1 Å². The quantitative estimate of drug-likeness (QED) is 0.174. The van der Waals surface area contributed by atoms with E-state index in [-0.39, 0.29) is 34.7 Å². The van der Waals surface area contributed by atoms with Gasteiger partial charge in [0.1, 0.15) is 6.04 Å². The van der Waals surface area contributed by atoms with Crippen LogP contribution in [-0.2, 0) is 19.1 Å². The highest BCUT2D eigenvalue weighted by Crippen LogP contribution is 2.40. The number of hydrogen-bond acceptors (Lipinski definition) is 8. The molecule has 2 unspecified atom stereocenters. The van der Waals surface area contributed by atoms with E-state index in [1.807, 2.05) is 50.2 Å². The number of carbonyl (C=O) groups is 3. The number of non-ortho nitro benzene ring substituents is 1. The molecule has 3 aromatic carbocycles. The minimum Gasteiger partial charge on any atom is -0.466 e. The molecule has 5 rings (SSSR count). The molecule has 2 heterocycles. The first-order valence-electron chi connectivity index (χ1n) is 16.5. The Balaban J connectivity index is 1.38. The second-order valence-corrected chi connectivity index (χ2v) is 12.8. The highest BCUT2D eigenvalue weighted by atomic mass is 16.6. The maximum Gasteiger partial charge on any atom is 0.336 e. The summed E-state index contributed by atoms with van der Waals surface area (Å²) >= 11 is 0. The summed E-state index contributed by atoms with van der Waals surface area (Å²) in [6.45, 7) is 9.42. The molecule has 0 aromatic heterocycles. The summed E-state index contributed by atoms with van der Waals surface area (Å²) < 4.78 is 5.08. The molecule has 2 aliphatic rings. The van der Waals surface area contributed by atoms with Gasteiger partial charge >= 0.3 is 5.97 Å². The van der Waals surface area contributed by atoms with E-state index in [9.17, 15) is 24.5 Å². The molecule has 11 heteroatoms. The Labute approximate surface area is 286 Å². The summed E-state index contributed by atoms with van der Waals surface area (Å²) in [7, 11) is 1.24. The molecule has 256 valence electrons. The van der Waals surface area contributed by atoms with Gasteiger partial charge in [0.25, 0.3) is 11.6 Å². The fourth-order valence-electron chi connectivity index (χ4n) is 6.84. The Kier molecular flexibility index (Phi) is 10.9. The van der Waals surface area contributed by atoms with Crippen molar-refractivity contribution in [2.75, 3.05) is 33.3 Å². The van der Waals surface area contributed by atoms with Crippen LogP contribution in [0.4, 0.5) is 5.69 Å². The highest BCUT2D eigenvalue weighted by molar-refractivity contribution is 6.03. The van der Waals surface area contributed by atoms with Gasteiger partial charge in [-0.2, -0.15) is 0 Å². The van der Waals surface area contributed by atoms with Crippen LogP contribution in [0, 0.1) is 16.0 Å². The number of nitrogens with zero attached hydrogens (tertiary/aromatic N) is 3. The van der Waals surface area contributed by atoms with Crippen molar-refractivity contribution in [1.82, 2.24) is 20.4 Å². The number of amides is 2. The van der Waals surface area contributed by atoms with Crippen LogP contribution in [0.1, 0.15) is 56.3 Å². The number of benzene rings is 3. The molecular weight excluding hydrogens is 622 g/mol. The number of piperazine rings is 1.